The number of carbonyl (C=O) groups is 1. The number of hydrogen-bond donors (Lipinski definition) is 2. The summed E-state index contributed by atoms with van der Waals surface area (Å²) in [6.45, 7) is 0.322. The first-order chi connectivity index (χ1) is 9.09. The van der Waals surface area contributed by atoms with Crippen molar-refractivity contribution in [3.63, 3.8) is 0 Å². The van der Waals surface area contributed by atoms with Gasteiger partial charge in [0.25, 0.3) is 0 Å². The minimum atomic E-state index is -1.63. The molecule has 0 radical (unpaired) electrons. The van der Waals surface area contributed by atoms with Crippen molar-refractivity contribution in [2.75, 3.05) is 5.32 Å². The zero-order valence-electron chi connectivity index (χ0n) is 9.86. The number of benzene rings is 2. The van der Waals surface area contributed by atoms with E-state index in [0.29, 0.717) is 6.54 Å². The SMILES string of the molecule is O=C(O)c1c(F)ccc(NCc2ccccc2)c1F. The predicted octanol–water partition coefficient (Wildman–Crippen LogP) is 3.28. The quantitative estimate of drug-likeness (QED) is 0.890. The van der Waals surface area contributed by atoms with E-state index >= 15 is 0 Å². The summed E-state index contributed by atoms with van der Waals surface area (Å²) in [5.74, 6) is -3.81. The van der Waals surface area contributed by atoms with Crippen LogP contribution >= 0.6 is 0 Å². The fraction of sp³-hybridized carbons (Fsp3) is 0.0714. The zero-order chi connectivity index (χ0) is 13.8. The minimum absolute atomic E-state index is 0.0392. The predicted molar refractivity (Wildman–Crippen MR) is 67.1 cm³/mol. The van der Waals surface area contributed by atoms with Gasteiger partial charge in [0, 0.05) is 6.54 Å². The molecule has 98 valence electrons. The second kappa shape index (κ2) is 5.48. The van der Waals surface area contributed by atoms with Crippen molar-refractivity contribution in [3.8, 4) is 0 Å². The monoisotopic (exact) mass is 263 g/mol. The number of carboxylic acids is 1. The summed E-state index contributed by atoms with van der Waals surface area (Å²) in [6.07, 6.45) is 0. The summed E-state index contributed by atoms with van der Waals surface area (Å²) in [6, 6.07) is 11.3. The van der Waals surface area contributed by atoms with Gasteiger partial charge in [-0.1, -0.05) is 30.3 Å². The summed E-state index contributed by atoms with van der Waals surface area (Å²) in [4.78, 5) is 10.8. The highest BCUT2D eigenvalue weighted by Crippen LogP contribution is 2.21. The van der Waals surface area contributed by atoms with Crippen LogP contribution in [0.3, 0.4) is 0 Å². The molecule has 2 aromatic rings. The lowest BCUT2D eigenvalue weighted by molar-refractivity contribution is 0.0686. The maximum Gasteiger partial charge on any atom is 0.341 e. The topological polar surface area (TPSA) is 49.3 Å². The Bertz CT molecular complexity index is 600. The molecule has 19 heavy (non-hydrogen) atoms. The molecule has 0 fully saturated rings. The van der Waals surface area contributed by atoms with Crippen molar-refractivity contribution in [1.82, 2.24) is 0 Å². The molecule has 2 N–H and O–H groups in total. The van der Waals surface area contributed by atoms with Crippen molar-refractivity contribution < 1.29 is 18.7 Å². The van der Waals surface area contributed by atoms with Gasteiger partial charge in [-0.3, -0.25) is 0 Å². The molecule has 0 amide bonds. The van der Waals surface area contributed by atoms with E-state index in [1.807, 2.05) is 30.3 Å². The van der Waals surface area contributed by atoms with E-state index in [1.54, 1.807) is 0 Å². The molecule has 0 heterocycles. The molecule has 2 aromatic carbocycles. The molecule has 0 saturated carbocycles. The van der Waals surface area contributed by atoms with E-state index in [1.165, 1.54) is 6.07 Å². The van der Waals surface area contributed by atoms with Crippen LogP contribution in [-0.2, 0) is 6.54 Å². The first kappa shape index (κ1) is 13.0. The number of carboxylic acid groups (broad SMARTS) is 1. The lowest BCUT2D eigenvalue weighted by atomic mass is 10.1. The van der Waals surface area contributed by atoms with Crippen molar-refractivity contribution in [3.05, 3.63) is 65.2 Å². The lowest BCUT2D eigenvalue weighted by Gasteiger charge is -2.09. The summed E-state index contributed by atoms with van der Waals surface area (Å²) < 4.78 is 27.0. The van der Waals surface area contributed by atoms with Crippen molar-refractivity contribution in [2.45, 2.75) is 6.54 Å². The molecule has 0 aliphatic rings. The van der Waals surface area contributed by atoms with Gasteiger partial charge in [0.1, 0.15) is 11.4 Å². The van der Waals surface area contributed by atoms with E-state index in [9.17, 15) is 13.6 Å². The standard InChI is InChI=1S/C14H11F2NO2/c15-10-6-7-11(13(16)12(10)14(18)19)17-8-9-4-2-1-3-5-9/h1-7,17H,8H2,(H,18,19). The van der Waals surface area contributed by atoms with Gasteiger partial charge in [-0.15, -0.1) is 0 Å². The van der Waals surface area contributed by atoms with Crippen LogP contribution in [0.2, 0.25) is 0 Å². The average molecular weight is 263 g/mol. The number of aromatic carboxylic acids is 1. The van der Waals surface area contributed by atoms with Crippen LogP contribution < -0.4 is 5.32 Å². The molecule has 0 spiro atoms. The van der Waals surface area contributed by atoms with E-state index in [-0.39, 0.29) is 5.69 Å². The van der Waals surface area contributed by atoms with Crippen LogP contribution in [-0.4, -0.2) is 11.1 Å². The van der Waals surface area contributed by atoms with Crippen LogP contribution in [0.15, 0.2) is 42.5 Å². The lowest BCUT2D eigenvalue weighted by Crippen LogP contribution is -2.09. The largest absolute Gasteiger partial charge is 0.477 e. The molecule has 2 rings (SSSR count). The minimum Gasteiger partial charge on any atom is -0.477 e. The highest BCUT2D eigenvalue weighted by molar-refractivity contribution is 5.89. The second-order valence-electron chi connectivity index (χ2n) is 3.93. The second-order valence-corrected chi connectivity index (χ2v) is 3.93. The van der Waals surface area contributed by atoms with E-state index in [2.05, 4.69) is 5.32 Å². The van der Waals surface area contributed by atoms with Gasteiger partial charge in [-0.2, -0.15) is 0 Å². The Kier molecular flexibility index (Phi) is 3.75. The third kappa shape index (κ3) is 2.88. The molecule has 0 aliphatic heterocycles. The molecule has 0 aromatic heterocycles. The smallest absolute Gasteiger partial charge is 0.341 e. The fourth-order valence-electron chi connectivity index (χ4n) is 1.68. The Labute approximate surface area is 108 Å². The first-order valence-electron chi connectivity index (χ1n) is 5.58. The maximum absolute atomic E-state index is 13.8. The average Bonchev–Trinajstić information content (AvgIpc) is 2.38. The fourth-order valence-corrected chi connectivity index (χ4v) is 1.68. The number of anilines is 1. The zero-order valence-corrected chi connectivity index (χ0v) is 9.86. The molecular formula is C14H11F2NO2. The van der Waals surface area contributed by atoms with Gasteiger partial charge in [0.2, 0.25) is 0 Å². The van der Waals surface area contributed by atoms with Crippen molar-refractivity contribution >= 4 is 11.7 Å². The summed E-state index contributed by atoms with van der Waals surface area (Å²) in [5.41, 5.74) is -0.0798. The molecule has 0 saturated heterocycles. The van der Waals surface area contributed by atoms with Gasteiger partial charge in [0.15, 0.2) is 5.82 Å². The Morgan fingerprint density at radius 2 is 1.79 bits per heavy atom. The summed E-state index contributed by atoms with van der Waals surface area (Å²) >= 11 is 0. The van der Waals surface area contributed by atoms with E-state index in [0.717, 1.165) is 11.6 Å². The highest BCUT2D eigenvalue weighted by atomic mass is 19.1. The Hall–Kier alpha value is -2.43. The van der Waals surface area contributed by atoms with Crippen LogP contribution in [0.1, 0.15) is 15.9 Å². The van der Waals surface area contributed by atoms with Crippen LogP contribution in [0.5, 0.6) is 0 Å². The maximum atomic E-state index is 13.8. The molecule has 0 atom stereocenters. The Morgan fingerprint density at radius 1 is 1.11 bits per heavy atom. The van der Waals surface area contributed by atoms with Gasteiger partial charge < -0.3 is 10.4 Å². The van der Waals surface area contributed by atoms with Gasteiger partial charge in [0.05, 0.1) is 5.69 Å². The summed E-state index contributed by atoms with van der Waals surface area (Å²) in [7, 11) is 0. The number of nitrogens with one attached hydrogen (secondary N) is 1. The molecular weight excluding hydrogens is 252 g/mol. The summed E-state index contributed by atoms with van der Waals surface area (Å²) in [5, 5.41) is 11.5. The molecule has 5 heteroatoms. The number of hydrogen-bond acceptors (Lipinski definition) is 2. The number of rotatable bonds is 4. The highest BCUT2D eigenvalue weighted by Gasteiger charge is 2.19. The molecule has 3 nitrogen and oxygen atoms in total. The molecule has 0 bridgehead atoms. The van der Waals surface area contributed by atoms with Crippen LogP contribution in [0.4, 0.5) is 14.5 Å². The molecule has 0 unspecified atom stereocenters. The number of halogens is 2. The molecule has 0 aliphatic carbocycles. The first-order valence-corrected chi connectivity index (χ1v) is 5.58. The Morgan fingerprint density at radius 3 is 2.42 bits per heavy atom. The third-order valence-electron chi connectivity index (χ3n) is 2.63. The van der Waals surface area contributed by atoms with Gasteiger partial charge in [-0.25, -0.2) is 13.6 Å². The van der Waals surface area contributed by atoms with E-state index < -0.39 is 23.2 Å². The Balaban J connectivity index is 2.22. The van der Waals surface area contributed by atoms with Crippen molar-refractivity contribution in [2.24, 2.45) is 0 Å². The van der Waals surface area contributed by atoms with Crippen molar-refractivity contribution in [1.29, 1.82) is 0 Å². The van der Waals surface area contributed by atoms with Crippen LogP contribution in [0.25, 0.3) is 0 Å². The third-order valence-corrected chi connectivity index (χ3v) is 2.63. The van der Waals surface area contributed by atoms with Gasteiger partial charge in [-0.05, 0) is 17.7 Å². The van der Waals surface area contributed by atoms with E-state index in [4.69, 9.17) is 5.11 Å². The van der Waals surface area contributed by atoms with Crippen LogP contribution in [0, 0.1) is 11.6 Å². The van der Waals surface area contributed by atoms with Gasteiger partial charge >= 0.3 is 5.97 Å². The normalized spacial score (nSPS) is 10.2.